The summed E-state index contributed by atoms with van der Waals surface area (Å²) in [5.74, 6) is -0.212. The van der Waals surface area contributed by atoms with Gasteiger partial charge in [-0.25, -0.2) is 0 Å². The van der Waals surface area contributed by atoms with Crippen molar-refractivity contribution < 1.29 is 14.4 Å². The lowest BCUT2D eigenvalue weighted by Crippen LogP contribution is -2.36. The fourth-order valence-electron chi connectivity index (χ4n) is 2.00. The average molecular weight is 235 g/mol. The SMILES string of the molecule is COC(=O)[C@@H]1CCCN1OCc1ccccc1. The standard InChI is InChI=1S/C13H17NO3/c1-16-13(15)12-8-5-9-14(12)17-10-11-6-3-2-4-7-11/h2-4,6-7,12H,5,8-10H2,1H3/t12-/m0/s1. The number of methoxy groups -OCH3 is 1. The van der Waals surface area contributed by atoms with E-state index in [9.17, 15) is 4.79 Å². The molecule has 2 rings (SSSR count). The monoisotopic (exact) mass is 235 g/mol. The Hall–Kier alpha value is -1.39. The van der Waals surface area contributed by atoms with Gasteiger partial charge in [0, 0.05) is 6.54 Å². The second-order valence-corrected chi connectivity index (χ2v) is 4.08. The molecule has 1 atom stereocenters. The third-order valence-corrected chi connectivity index (χ3v) is 2.92. The van der Waals surface area contributed by atoms with E-state index in [2.05, 4.69) is 0 Å². The molecule has 0 amide bonds. The molecule has 4 nitrogen and oxygen atoms in total. The van der Waals surface area contributed by atoms with Crippen molar-refractivity contribution in [1.82, 2.24) is 5.06 Å². The summed E-state index contributed by atoms with van der Waals surface area (Å²) in [5, 5.41) is 1.73. The van der Waals surface area contributed by atoms with Gasteiger partial charge in [0.15, 0.2) is 0 Å². The van der Waals surface area contributed by atoms with Crippen LogP contribution in [0.3, 0.4) is 0 Å². The Morgan fingerprint density at radius 1 is 1.41 bits per heavy atom. The van der Waals surface area contributed by atoms with Gasteiger partial charge in [-0.1, -0.05) is 30.3 Å². The van der Waals surface area contributed by atoms with Gasteiger partial charge in [-0.3, -0.25) is 9.63 Å². The van der Waals surface area contributed by atoms with E-state index in [1.807, 2.05) is 30.3 Å². The summed E-state index contributed by atoms with van der Waals surface area (Å²) in [6, 6.07) is 9.67. The van der Waals surface area contributed by atoms with Crippen molar-refractivity contribution in [1.29, 1.82) is 0 Å². The maximum Gasteiger partial charge on any atom is 0.325 e. The van der Waals surface area contributed by atoms with Crippen LogP contribution in [-0.2, 0) is 21.0 Å². The highest BCUT2D eigenvalue weighted by Gasteiger charge is 2.32. The van der Waals surface area contributed by atoms with Crippen LogP contribution in [0.4, 0.5) is 0 Å². The van der Waals surface area contributed by atoms with Crippen LogP contribution in [0.15, 0.2) is 30.3 Å². The van der Waals surface area contributed by atoms with Gasteiger partial charge in [0.25, 0.3) is 0 Å². The van der Waals surface area contributed by atoms with E-state index in [1.54, 1.807) is 5.06 Å². The zero-order valence-electron chi connectivity index (χ0n) is 9.96. The molecule has 0 unspecified atom stereocenters. The molecule has 4 heteroatoms. The smallest absolute Gasteiger partial charge is 0.325 e. The molecule has 1 aliphatic rings. The predicted octanol–water partition coefficient (Wildman–Crippen LogP) is 1.76. The number of ether oxygens (including phenoxy) is 1. The minimum atomic E-state index is -0.247. The normalized spacial score (nSPS) is 20.4. The Balaban J connectivity index is 1.88. The van der Waals surface area contributed by atoms with Crippen molar-refractivity contribution in [2.45, 2.75) is 25.5 Å². The van der Waals surface area contributed by atoms with Gasteiger partial charge in [0.2, 0.25) is 0 Å². The molecule has 0 spiro atoms. The predicted molar refractivity (Wildman–Crippen MR) is 63.0 cm³/mol. The fourth-order valence-corrected chi connectivity index (χ4v) is 2.00. The summed E-state index contributed by atoms with van der Waals surface area (Å²) >= 11 is 0. The highest BCUT2D eigenvalue weighted by molar-refractivity contribution is 5.75. The third kappa shape index (κ3) is 3.05. The van der Waals surface area contributed by atoms with Crippen LogP contribution in [0.1, 0.15) is 18.4 Å². The van der Waals surface area contributed by atoms with Gasteiger partial charge in [0.05, 0.1) is 13.7 Å². The summed E-state index contributed by atoms with van der Waals surface area (Å²) in [4.78, 5) is 17.1. The minimum absolute atomic E-state index is 0.212. The van der Waals surface area contributed by atoms with E-state index in [4.69, 9.17) is 9.57 Å². The number of carbonyl (C=O) groups is 1. The molecule has 92 valence electrons. The highest BCUT2D eigenvalue weighted by atomic mass is 16.7. The first-order valence-electron chi connectivity index (χ1n) is 5.82. The molecule has 0 saturated carbocycles. The summed E-state index contributed by atoms with van der Waals surface area (Å²) < 4.78 is 4.76. The van der Waals surface area contributed by atoms with Gasteiger partial charge in [-0.2, -0.15) is 5.06 Å². The lowest BCUT2D eigenvalue weighted by Gasteiger charge is -2.21. The quantitative estimate of drug-likeness (QED) is 0.745. The largest absolute Gasteiger partial charge is 0.468 e. The van der Waals surface area contributed by atoms with Gasteiger partial charge >= 0.3 is 5.97 Å². The second-order valence-electron chi connectivity index (χ2n) is 4.08. The van der Waals surface area contributed by atoms with E-state index in [0.29, 0.717) is 6.61 Å². The first-order valence-corrected chi connectivity index (χ1v) is 5.82. The average Bonchev–Trinajstić information content (AvgIpc) is 2.85. The number of esters is 1. The number of rotatable bonds is 4. The van der Waals surface area contributed by atoms with Gasteiger partial charge in [0.1, 0.15) is 6.04 Å². The van der Waals surface area contributed by atoms with Crippen LogP contribution in [0, 0.1) is 0 Å². The van der Waals surface area contributed by atoms with Gasteiger partial charge in [-0.15, -0.1) is 0 Å². The Bertz CT molecular complexity index is 366. The van der Waals surface area contributed by atoms with E-state index in [0.717, 1.165) is 24.9 Å². The third-order valence-electron chi connectivity index (χ3n) is 2.92. The Labute approximate surface area is 101 Å². The molecule has 1 heterocycles. The van der Waals surface area contributed by atoms with Crippen LogP contribution in [0.5, 0.6) is 0 Å². The topological polar surface area (TPSA) is 38.8 Å². The van der Waals surface area contributed by atoms with Crippen molar-refractivity contribution in [2.24, 2.45) is 0 Å². The van der Waals surface area contributed by atoms with Crippen LogP contribution < -0.4 is 0 Å². The van der Waals surface area contributed by atoms with E-state index >= 15 is 0 Å². The highest BCUT2D eigenvalue weighted by Crippen LogP contribution is 2.19. The zero-order valence-corrected chi connectivity index (χ0v) is 9.96. The minimum Gasteiger partial charge on any atom is -0.468 e. The number of benzene rings is 1. The van der Waals surface area contributed by atoms with Crippen molar-refractivity contribution in [2.75, 3.05) is 13.7 Å². The zero-order chi connectivity index (χ0) is 12.1. The van der Waals surface area contributed by atoms with E-state index < -0.39 is 0 Å². The molecule has 0 aromatic heterocycles. The molecule has 0 radical (unpaired) electrons. The van der Waals surface area contributed by atoms with Crippen molar-refractivity contribution in [3.8, 4) is 0 Å². The van der Waals surface area contributed by atoms with E-state index in [1.165, 1.54) is 7.11 Å². The van der Waals surface area contributed by atoms with Crippen molar-refractivity contribution in [3.63, 3.8) is 0 Å². The second kappa shape index (κ2) is 5.80. The number of carbonyl (C=O) groups excluding carboxylic acids is 1. The van der Waals surface area contributed by atoms with Crippen LogP contribution in [0.2, 0.25) is 0 Å². The summed E-state index contributed by atoms with van der Waals surface area (Å²) in [5.41, 5.74) is 1.10. The fraction of sp³-hybridized carbons (Fsp3) is 0.462. The first-order chi connectivity index (χ1) is 8.31. The molecule has 17 heavy (non-hydrogen) atoms. The lowest BCUT2D eigenvalue weighted by atomic mass is 10.2. The van der Waals surface area contributed by atoms with E-state index in [-0.39, 0.29) is 12.0 Å². The molecule has 1 aromatic rings. The lowest BCUT2D eigenvalue weighted by molar-refractivity contribution is -0.194. The Morgan fingerprint density at radius 3 is 2.88 bits per heavy atom. The molecule has 1 saturated heterocycles. The van der Waals surface area contributed by atoms with Gasteiger partial charge in [-0.05, 0) is 18.4 Å². The summed E-state index contributed by atoms with van der Waals surface area (Å²) in [6.45, 7) is 1.28. The summed E-state index contributed by atoms with van der Waals surface area (Å²) in [6.07, 6.45) is 1.77. The molecule has 0 N–H and O–H groups in total. The molecule has 1 fully saturated rings. The number of hydroxylamine groups is 2. The summed E-state index contributed by atoms with van der Waals surface area (Å²) in [7, 11) is 1.41. The Kier molecular flexibility index (Phi) is 4.12. The Morgan fingerprint density at radius 2 is 2.18 bits per heavy atom. The molecular formula is C13H17NO3. The van der Waals surface area contributed by atoms with Crippen LogP contribution in [-0.4, -0.2) is 30.7 Å². The molecule has 0 bridgehead atoms. The van der Waals surface area contributed by atoms with Crippen molar-refractivity contribution in [3.05, 3.63) is 35.9 Å². The van der Waals surface area contributed by atoms with Crippen molar-refractivity contribution >= 4 is 5.97 Å². The number of hydrogen-bond acceptors (Lipinski definition) is 4. The molecule has 1 aliphatic heterocycles. The first kappa shape index (κ1) is 12.1. The maximum atomic E-state index is 11.5. The van der Waals surface area contributed by atoms with Crippen LogP contribution >= 0.6 is 0 Å². The number of hydrogen-bond donors (Lipinski definition) is 0. The maximum absolute atomic E-state index is 11.5. The van der Waals surface area contributed by atoms with Gasteiger partial charge < -0.3 is 4.74 Å². The molecular weight excluding hydrogens is 218 g/mol. The van der Waals surface area contributed by atoms with Crippen LogP contribution in [0.25, 0.3) is 0 Å². The molecule has 1 aromatic carbocycles. The number of nitrogens with zero attached hydrogens (tertiary/aromatic N) is 1. The molecule has 0 aliphatic carbocycles.